The number of hydrogen-bond acceptors (Lipinski definition) is 1. The van der Waals surface area contributed by atoms with E-state index in [1.54, 1.807) is 0 Å². The van der Waals surface area contributed by atoms with E-state index >= 15 is 0 Å². The molecule has 0 N–H and O–H groups in total. The van der Waals surface area contributed by atoms with E-state index in [-0.39, 0.29) is 5.60 Å². The maximum atomic E-state index is 5.68. The maximum absolute atomic E-state index is 5.68. The molecule has 0 aromatic carbocycles. The lowest BCUT2D eigenvalue weighted by Gasteiger charge is -2.03. The van der Waals surface area contributed by atoms with Gasteiger partial charge >= 0.3 is 0 Å². The molecule has 32 heavy (non-hydrogen) atoms. The lowest BCUT2D eigenvalue weighted by molar-refractivity contribution is 0.320. The number of hydrogen-bond donors (Lipinski definition) is 0. The van der Waals surface area contributed by atoms with Crippen molar-refractivity contribution in [2.24, 2.45) is 0 Å². The van der Waals surface area contributed by atoms with Crippen LogP contribution < -0.4 is 0 Å². The number of rotatable bonds is 16. The second kappa shape index (κ2) is 15.5. The zero-order chi connectivity index (χ0) is 24.0. The maximum Gasteiger partial charge on any atom is 0.0892 e. The van der Waals surface area contributed by atoms with Crippen LogP contribution in [0.1, 0.15) is 126 Å². The molecule has 0 saturated carbocycles. The van der Waals surface area contributed by atoms with Crippen LogP contribution in [0.2, 0.25) is 0 Å². The average Bonchev–Trinajstić information content (AvgIpc) is 3.36. The molecule has 1 nitrogen and oxygen atoms in total. The number of allylic oxidation sites excluding steroid dienone is 10. The summed E-state index contributed by atoms with van der Waals surface area (Å²) in [7, 11) is 0. The van der Waals surface area contributed by atoms with Crippen molar-refractivity contribution in [2.75, 3.05) is 0 Å². The Morgan fingerprint density at radius 1 is 0.594 bits per heavy atom. The van der Waals surface area contributed by atoms with E-state index in [1.165, 1.54) is 85.7 Å². The summed E-state index contributed by atoms with van der Waals surface area (Å²) in [6, 6.07) is 0. The summed E-state index contributed by atoms with van der Waals surface area (Å²) in [5.41, 5.74) is 7.74. The summed E-state index contributed by atoms with van der Waals surface area (Å²) in [5, 5.41) is 0. The third-order valence-corrected chi connectivity index (χ3v) is 6.77. The zero-order valence-electron chi connectivity index (χ0n) is 22.7. The monoisotopic (exact) mass is 440 g/mol. The topological polar surface area (TPSA) is 12.5 Å². The Bertz CT molecular complexity index is 696. The van der Waals surface area contributed by atoms with E-state index in [2.05, 4.69) is 85.8 Å². The molecule has 0 radical (unpaired) electrons. The van der Waals surface area contributed by atoms with Crippen LogP contribution in [0.5, 0.6) is 0 Å². The molecule has 0 aromatic rings. The molecule has 0 aliphatic carbocycles. The molecule has 1 fully saturated rings. The van der Waals surface area contributed by atoms with Gasteiger partial charge in [0.2, 0.25) is 0 Å². The van der Waals surface area contributed by atoms with E-state index in [1.807, 2.05) is 0 Å². The van der Waals surface area contributed by atoms with Crippen LogP contribution in [0.4, 0.5) is 0 Å². The highest BCUT2D eigenvalue weighted by Crippen LogP contribution is 2.38. The summed E-state index contributed by atoms with van der Waals surface area (Å²) in [4.78, 5) is 0. The standard InChI is InChI=1S/C31H52O/c1-9-25(2)17-12-18-28(5)21-13-19-26(3)15-10-11-16-27(4)20-14-22-29(6)23-24-30-31(7,8)32-30/h15-17,21-22,30H,9-14,18-20,23-24H2,1-8H3/b25-17+,26-15+,27-16+,28-21+,29-22+. The van der Waals surface area contributed by atoms with Gasteiger partial charge in [-0.2, -0.15) is 0 Å². The predicted molar refractivity (Wildman–Crippen MR) is 144 cm³/mol. The molecule has 1 aliphatic heterocycles. The minimum absolute atomic E-state index is 0.132. The van der Waals surface area contributed by atoms with Gasteiger partial charge in [0.25, 0.3) is 0 Å². The molecule has 1 rings (SSSR count). The molecule has 1 unspecified atom stereocenters. The summed E-state index contributed by atoms with van der Waals surface area (Å²) in [6.07, 6.45) is 25.5. The van der Waals surface area contributed by atoms with Crippen LogP contribution in [0, 0.1) is 0 Å². The van der Waals surface area contributed by atoms with Crippen molar-refractivity contribution < 1.29 is 4.74 Å². The second-order valence-corrected chi connectivity index (χ2v) is 10.5. The fourth-order valence-electron chi connectivity index (χ4n) is 3.95. The van der Waals surface area contributed by atoms with Gasteiger partial charge in [-0.15, -0.1) is 0 Å². The normalized spacial score (nSPS) is 20.1. The first-order chi connectivity index (χ1) is 15.1. The molecule has 1 heteroatoms. The minimum Gasteiger partial charge on any atom is -0.367 e. The van der Waals surface area contributed by atoms with Crippen molar-refractivity contribution in [3.05, 3.63) is 58.2 Å². The highest BCUT2D eigenvalue weighted by atomic mass is 16.6. The lowest BCUT2D eigenvalue weighted by Crippen LogP contribution is -2.02. The van der Waals surface area contributed by atoms with Crippen LogP contribution in [0.15, 0.2) is 58.2 Å². The summed E-state index contributed by atoms with van der Waals surface area (Å²) in [5.74, 6) is 0. The predicted octanol–water partition coefficient (Wildman–Crippen LogP) is 10.2. The Balaban J connectivity index is 2.16. The van der Waals surface area contributed by atoms with Gasteiger partial charge in [0.15, 0.2) is 0 Å². The molecule has 0 amide bonds. The van der Waals surface area contributed by atoms with Crippen LogP contribution in [-0.4, -0.2) is 11.7 Å². The van der Waals surface area contributed by atoms with E-state index in [4.69, 9.17) is 4.74 Å². The Morgan fingerprint density at radius 3 is 1.31 bits per heavy atom. The van der Waals surface area contributed by atoms with Crippen LogP contribution >= 0.6 is 0 Å². The number of epoxide rings is 1. The third-order valence-electron chi connectivity index (χ3n) is 6.77. The first kappa shape index (κ1) is 28.7. The van der Waals surface area contributed by atoms with Crippen molar-refractivity contribution in [1.29, 1.82) is 0 Å². The Labute approximate surface area is 200 Å². The molecule has 0 aromatic heterocycles. The molecule has 1 atom stereocenters. The molecule has 0 spiro atoms. The van der Waals surface area contributed by atoms with Gasteiger partial charge in [0, 0.05) is 0 Å². The SMILES string of the molecule is CC/C(C)=C/CC/C(C)=C/CC/C(C)=C/CC/C=C(\C)CC/C=C(\C)CCC1OC1(C)C. The Morgan fingerprint density at radius 2 is 0.938 bits per heavy atom. The van der Waals surface area contributed by atoms with Crippen molar-refractivity contribution in [3.8, 4) is 0 Å². The van der Waals surface area contributed by atoms with Crippen LogP contribution in [-0.2, 0) is 4.74 Å². The van der Waals surface area contributed by atoms with E-state index in [9.17, 15) is 0 Å². The first-order valence-corrected chi connectivity index (χ1v) is 13.1. The van der Waals surface area contributed by atoms with Crippen LogP contribution in [0.25, 0.3) is 0 Å². The van der Waals surface area contributed by atoms with Gasteiger partial charge in [-0.05, 0) is 119 Å². The molecule has 1 heterocycles. The molecular formula is C31H52O. The Hall–Kier alpha value is -1.34. The van der Waals surface area contributed by atoms with Crippen molar-refractivity contribution in [3.63, 3.8) is 0 Å². The largest absolute Gasteiger partial charge is 0.367 e. The van der Waals surface area contributed by atoms with Gasteiger partial charge in [0.1, 0.15) is 0 Å². The number of ether oxygens (including phenoxy) is 1. The zero-order valence-corrected chi connectivity index (χ0v) is 22.7. The molecule has 1 aliphatic rings. The van der Waals surface area contributed by atoms with Gasteiger partial charge < -0.3 is 4.74 Å². The molecule has 1 saturated heterocycles. The summed E-state index contributed by atoms with van der Waals surface area (Å²) < 4.78 is 5.68. The highest BCUT2D eigenvalue weighted by molar-refractivity contribution is 5.08. The molecule has 0 bridgehead atoms. The van der Waals surface area contributed by atoms with Crippen molar-refractivity contribution in [2.45, 2.75) is 138 Å². The highest BCUT2D eigenvalue weighted by Gasteiger charge is 2.46. The van der Waals surface area contributed by atoms with Gasteiger partial charge in [0.05, 0.1) is 11.7 Å². The smallest absolute Gasteiger partial charge is 0.0892 e. The average molecular weight is 441 g/mol. The van der Waals surface area contributed by atoms with E-state index < -0.39 is 0 Å². The van der Waals surface area contributed by atoms with Gasteiger partial charge in [-0.3, -0.25) is 0 Å². The fraction of sp³-hybridized carbons (Fsp3) is 0.677. The fourth-order valence-corrected chi connectivity index (χ4v) is 3.95. The van der Waals surface area contributed by atoms with Crippen molar-refractivity contribution in [1.82, 2.24) is 0 Å². The van der Waals surface area contributed by atoms with E-state index in [0.717, 1.165) is 12.8 Å². The minimum atomic E-state index is 0.132. The molecule has 182 valence electrons. The third kappa shape index (κ3) is 13.9. The summed E-state index contributed by atoms with van der Waals surface area (Å²) >= 11 is 0. The second-order valence-electron chi connectivity index (χ2n) is 10.5. The number of unbranched alkanes of at least 4 members (excludes halogenated alkanes) is 1. The van der Waals surface area contributed by atoms with E-state index in [0.29, 0.717) is 6.10 Å². The molecular weight excluding hydrogens is 388 g/mol. The quantitative estimate of drug-likeness (QED) is 0.132. The van der Waals surface area contributed by atoms with Crippen molar-refractivity contribution >= 4 is 0 Å². The lowest BCUT2D eigenvalue weighted by atomic mass is 10.0. The summed E-state index contributed by atoms with van der Waals surface area (Å²) in [6.45, 7) is 18.0. The van der Waals surface area contributed by atoms with Gasteiger partial charge in [-0.25, -0.2) is 0 Å². The Kier molecular flexibility index (Phi) is 13.9. The van der Waals surface area contributed by atoms with Crippen LogP contribution in [0.3, 0.4) is 0 Å². The first-order valence-electron chi connectivity index (χ1n) is 13.1. The van der Waals surface area contributed by atoms with Gasteiger partial charge in [-0.1, -0.05) is 65.2 Å².